The van der Waals surface area contributed by atoms with E-state index in [4.69, 9.17) is 4.74 Å². The zero-order valence-corrected chi connectivity index (χ0v) is 17.2. The first-order valence-corrected chi connectivity index (χ1v) is 10.9. The maximum Gasteiger partial charge on any atom is 0.307 e. The van der Waals surface area contributed by atoms with E-state index in [0.717, 1.165) is 18.4 Å². The third-order valence-electron chi connectivity index (χ3n) is 4.12. The van der Waals surface area contributed by atoms with Gasteiger partial charge in [-0.2, -0.15) is 0 Å². The Balaban J connectivity index is 1.59. The molecule has 0 aliphatic rings. The van der Waals surface area contributed by atoms with Crippen LogP contribution >= 0.6 is 0 Å². The first-order valence-electron chi connectivity index (χ1n) is 9.39. The minimum Gasteiger partial charge on any atom is -0.456 e. The highest BCUT2D eigenvalue weighted by atomic mass is 32.2. The number of benzene rings is 2. The van der Waals surface area contributed by atoms with Gasteiger partial charge in [-0.1, -0.05) is 48.0 Å². The van der Waals surface area contributed by atoms with Crippen LogP contribution in [0.5, 0.6) is 0 Å². The fraction of sp³-hybridized carbons (Fsp3) is 0.333. The molecule has 0 heterocycles. The van der Waals surface area contributed by atoms with Crippen molar-refractivity contribution in [3.8, 4) is 0 Å². The van der Waals surface area contributed by atoms with Gasteiger partial charge < -0.3 is 10.1 Å². The van der Waals surface area contributed by atoms with E-state index in [1.807, 2.05) is 37.3 Å². The van der Waals surface area contributed by atoms with Gasteiger partial charge in [0.25, 0.3) is 5.91 Å². The van der Waals surface area contributed by atoms with Crippen LogP contribution in [0.3, 0.4) is 0 Å². The van der Waals surface area contributed by atoms with Crippen LogP contribution in [0.4, 0.5) is 0 Å². The summed E-state index contributed by atoms with van der Waals surface area (Å²) in [6, 6.07) is 16.3. The number of hydrogen-bond donors (Lipinski definition) is 2. The standard InChI is InChI=1S/C21H26N2O5S/c1-17-9-11-19(12-10-17)29(26,27)23-15-13-21(25)28-16-20(24)22-14-5-8-18-6-3-2-4-7-18/h2-4,6-7,9-12,23H,5,8,13-16H2,1H3,(H,22,24). The van der Waals surface area contributed by atoms with Gasteiger partial charge in [0.1, 0.15) is 0 Å². The highest BCUT2D eigenvalue weighted by molar-refractivity contribution is 7.89. The number of sulfonamides is 1. The molecule has 0 bridgehead atoms. The summed E-state index contributed by atoms with van der Waals surface area (Å²) in [5, 5.41) is 2.69. The summed E-state index contributed by atoms with van der Waals surface area (Å²) in [6.07, 6.45) is 1.47. The molecule has 0 saturated heterocycles. The molecule has 0 atom stereocenters. The predicted molar refractivity (Wildman–Crippen MR) is 110 cm³/mol. The summed E-state index contributed by atoms with van der Waals surface area (Å²) in [5.74, 6) is -1.03. The molecule has 156 valence electrons. The number of carbonyl (C=O) groups excluding carboxylic acids is 2. The molecule has 0 fully saturated rings. The number of amides is 1. The van der Waals surface area contributed by atoms with Gasteiger partial charge in [0.05, 0.1) is 11.3 Å². The Labute approximate surface area is 171 Å². The van der Waals surface area contributed by atoms with Crippen LogP contribution < -0.4 is 10.0 Å². The second-order valence-corrected chi connectivity index (χ2v) is 8.33. The highest BCUT2D eigenvalue weighted by Gasteiger charge is 2.14. The lowest BCUT2D eigenvalue weighted by atomic mass is 10.1. The molecule has 7 nitrogen and oxygen atoms in total. The van der Waals surface area contributed by atoms with Crippen LogP contribution in [0.15, 0.2) is 59.5 Å². The molecule has 0 unspecified atom stereocenters. The van der Waals surface area contributed by atoms with Gasteiger partial charge in [-0.3, -0.25) is 9.59 Å². The third kappa shape index (κ3) is 8.45. The Hall–Kier alpha value is -2.71. The van der Waals surface area contributed by atoms with Crippen molar-refractivity contribution in [2.45, 2.75) is 31.1 Å². The second kappa shape index (κ2) is 11.3. The lowest BCUT2D eigenvalue weighted by Gasteiger charge is -2.08. The smallest absolute Gasteiger partial charge is 0.307 e. The van der Waals surface area contributed by atoms with E-state index in [0.29, 0.717) is 6.54 Å². The lowest BCUT2D eigenvalue weighted by Crippen LogP contribution is -2.31. The highest BCUT2D eigenvalue weighted by Crippen LogP contribution is 2.09. The maximum atomic E-state index is 12.1. The Kier molecular flexibility index (Phi) is 8.82. The normalized spacial score (nSPS) is 11.1. The van der Waals surface area contributed by atoms with Crippen molar-refractivity contribution >= 4 is 21.9 Å². The number of nitrogens with one attached hydrogen (secondary N) is 2. The molecular formula is C21H26N2O5S. The van der Waals surface area contributed by atoms with Gasteiger partial charge in [-0.15, -0.1) is 0 Å². The maximum absolute atomic E-state index is 12.1. The summed E-state index contributed by atoms with van der Waals surface area (Å²) in [6.45, 7) is 1.86. The molecular weight excluding hydrogens is 392 g/mol. The molecule has 0 aliphatic heterocycles. The molecule has 0 aromatic heterocycles. The summed E-state index contributed by atoms with van der Waals surface area (Å²) < 4.78 is 31.4. The number of hydrogen-bond acceptors (Lipinski definition) is 5. The Morgan fingerprint density at radius 3 is 2.34 bits per heavy atom. The topological polar surface area (TPSA) is 102 Å². The molecule has 0 saturated carbocycles. The Morgan fingerprint density at radius 2 is 1.66 bits per heavy atom. The average Bonchev–Trinajstić information content (AvgIpc) is 2.70. The van der Waals surface area contributed by atoms with Crippen molar-refractivity contribution in [2.75, 3.05) is 19.7 Å². The van der Waals surface area contributed by atoms with Crippen molar-refractivity contribution < 1.29 is 22.7 Å². The van der Waals surface area contributed by atoms with Gasteiger partial charge in [-0.25, -0.2) is 13.1 Å². The van der Waals surface area contributed by atoms with Crippen molar-refractivity contribution in [3.63, 3.8) is 0 Å². The van der Waals surface area contributed by atoms with E-state index in [1.165, 1.54) is 17.7 Å². The summed E-state index contributed by atoms with van der Waals surface area (Å²) in [7, 11) is -3.68. The molecule has 2 aromatic rings. The van der Waals surface area contributed by atoms with Gasteiger partial charge in [0.2, 0.25) is 10.0 Å². The van der Waals surface area contributed by atoms with Crippen molar-refractivity contribution in [2.24, 2.45) is 0 Å². The van der Waals surface area contributed by atoms with Crippen molar-refractivity contribution in [1.82, 2.24) is 10.0 Å². The molecule has 8 heteroatoms. The van der Waals surface area contributed by atoms with E-state index in [1.54, 1.807) is 12.1 Å². The monoisotopic (exact) mass is 418 g/mol. The molecule has 2 aromatic carbocycles. The molecule has 0 aliphatic carbocycles. The Morgan fingerprint density at radius 1 is 0.966 bits per heavy atom. The van der Waals surface area contributed by atoms with Crippen LogP contribution in [0, 0.1) is 6.92 Å². The molecule has 1 amide bonds. The zero-order valence-electron chi connectivity index (χ0n) is 16.4. The number of carbonyl (C=O) groups is 2. The van der Waals surface area contributed by atoms with Gasteiger partial charge >= 0.3 is 5.97 Å². The van der Waals surface area contributed by atoms with Gasteiger partial charge in [0, 0.05) is 13.1 Å². The summed E-state index contributed by atoms with van der Waals surface area (Å²) >= 11 is 0. The zero-order chi connectivity index (χ0) is 21.1. The van der Waals surface area contributed by atoms with E-state index < -0.39 is 16.0 Å². The van der Waals surface area contributed by atoms with Crippen LogP contribution in [0.2, 0.25) is 0 Å². The fourth-order valence-electron chi connectivity index (χ4n) is 2.52. The second-order valence-electron chi connectivity index (χ2n) is 6.56. The van der Waals surface area contributed by atoms with E-state index >= 15 is 0 Å². The number of aryl methyl sites for hydroxylation is 2. The number of esters is 1. The molecule has 2 N–H and O–H groups in total. The summed E-state index contributed by atoms with van der Waals surface area (Å²) in [4.78, 5) is 23.5. The van der Waals surface area contributed by atoms with Crippen LogP contribution in [0.1, 0.15) is 24.0 Å². The van der Waals surface area contributed by atoms with Crippen LogP contribution in [-0.4, -0.2) is 40.0 Å². The molecule has 29 heavy (non-hydrogen) atoms. The van der Waals surface area contributed by atoms with E-state index in [2.05, 4.69) is 10.0 Å². The third-order valence-corrected chi connectivity index (χ3v) is 5.60. The lowest BCUT2D eigenvalue weighted by molar-refractivity contribution is -0.148. The Bertz CT molecular complexity index is 896. The number of ether oxygens (including phenoxy) is 1. The van der Waals surface area contributed by atoms with Crippen LogP contribution in [0.25, 0.3) is 0 Å². The van der Waals surface area contributed by atoms with Gasteiger partial charge in [-0.05, 0) is 37.5 Å². The molecule has 0 radical (unpaired) electrons. The van der Waals surface area contributed by atoms with E-state index in [-0.39, 0.29) is 30.4 Å². The predicted octanol–water partition coefficient (Wildman–Crippen LogP) is 1.96. The quantitative estimate of drug-likeness (QED) is 0.429. The largest absolute Gasteiger partial charge is 0.456 e. The van der Waals surface area contributed by atoms with E-state index in [9.17, 15) is 18.0 Å². The first-order chi connectivity index (χ1) is 13.9. The van der Waals surface area contributed by atoms with Gasteiger partial charge in [0.15, 0.2) is 6.61 Å². The minimum atomic E-state index is -3.68. The van der Waals surface area contributed by atoms with Crippen molar-refractivity contribution in [1.29, 1.82) is 0 Å². The van der Waals surface area contributed by atoms with Crippen LogP contribution in [-0.2, 0) is 30.8 Å². The minimum absolute atomic E-state index is 0.103. The SMILES string of the molecule is Cc1ccc(S(=O)(=O)NCCC(=O)OCC(=O)NCCCc2ccccc2)cc1. The van der Waals surface area contributed by atoms with Crippen molar-refractivity contribution in [3.05, 3.63) is 65.7 Å². The first kappa shape index (κ1) is 22.6. The fourth-order valence-corrected chi connectivity index (χ4v) is 3.55. The molecule has 2 rings (SSSR count). The number of rotatable bonds is 11. The summed E-state index contributed by atoms with van der Waals surface area (Å²) in [5.41, 5.74) is 2.15. The average molecular weight is 419 g/mol. The molecule has 0 spiro atoms.